The van der Waals surface area contributed by atoms with E-state index in [0.29, 0.717) is 17.2 Å². The molecule has 1 N–H and O–H groups in total. The van der Waals surface area contributed by atoms with Crippen LogP contribution >= 0.6 is 0 Å². The van der Waals surface area contributed by atoms with E-state index in [9.17, 15) is 9.59 Å². The molecule has 0 aliphatic carbocycles. The average Bonchev–Trinajstić information content (AvgIpc) is 2.77. The Hall–Kier alpha value is -2.44. The molecular weight excluding hydrogens is 270 g/mol. The number of nitrogens with one attached hydrogen (secondary N) is 1. The largest absolute Gasteiger partial charge is 0.358 e. The van der Waals surface area contributed by atoms with Crippen molar-refractivity contribution >= 4 is 5.91 Å². The predicted octanol–water partition coefficient (Wildman–Crippen LogP) is 0.409. The molecule has 112 valence electrons. The van der Waals surface area contributed by atoms with Crippen LogP contribution in [0.2, 0.25) is 0 Å². The molecule has 7 heteroatoms. The van der Waals surface area contributed by atoms with Crippen LogP contribution in [0.4, 0.5) is 0 Å². The van der Waals surface area contributed by atoms with Crippen LogP contribution < -0.4 is 10.9 Å². The molecule has 7 nitrogen and oxygen atoms in total. The molecular formula is C14H19N5O2. The van der Waals surface area contributed by atoms with Gasteiger partial charge in [0, 0.05) is 24.0 Å². The summed E-state index contributed by atoms with van der Waals surface area (Å²) in [6.45, 7) is 7.14. The molecule has 0 saturated carbocycles. The third-order valence-corrected chi connectivity index (χ3v) is 3.40. The summed E-state index contributed by atoms with van der Waals surface area (Å²) in [5, 5.41) is 6.87. The lowest BCUT2D eigenvalue weighted by Crippen LogP contribution is -2.35. The van der Waals surface area contributed by atoms with Gasteiger partial charge in [0.05, 0.1) is 5.69 Å². The third-order valence-electron chi connectivity index (χ3n) is 3.40. The van der Waals surface area contributed by atoms with Crippen molar-refractivity contribution in [3.63, 3.8) is 0 Å². The summed E-state index contributed by atoms with van der Waals surface area (Å²) in [6, 6.07) is 1.89. The molecule has 2 rings (SSSR count). The first-order valence-corrected chi connectivity index (χ1v) is 6.67. The van der Waals surface area contributed by atoms with E-state index >= 15 is 0 Å². The smallest absolute Gasteiger partial charge is 0.258 e. The molecule has 1 amide bonds. The van der Waals surface area contributed by atoms with Gasteiger partial charge >= 0.3 is 0 Å². The number of carbonyl (C=O) groups is 1. The van der Waals surface area contributed by atoms with Gasteiger partial charge in [0.1, 0.15) is 6.54 Å². The maximum Gasteiger partial charge on any atom is 0.258 e. The van der Waals surface area contributed by atoms with Crippen molar-refractivity contribution < 1.29 is 4.79 Å². The van der Waals surface area contributed by atoms with Crippen LogP contribution in [0.25, 0.3) is 5.95 Å². The summed E-state index contributed by atoms with van der Waals surface area (Å²) in [5.74, 6) is 0.0993. The van der Waals surface area contributed by atoms with Gasteiger partial charge in [-0.05, 0) is 33.8 Å². The highest BCUT2D eigenvalue weighted by atomic mass is 16.2. The lowest BCUT2D eigenvalue weighted by Gasteiger charge is -2.14. The molecule has 0 aliphatic heterocycles. The molecule has 0 aliphatic rings. The van der Waals surface area contributed by atoms with Gasteiger partial charge in [-0.1, -0.05) is 0 Å². The number of hydrogen-bond acceptors (Lipinski definition) is 4. The van der Waals surface area contributed by atoms with E-state index in [1.807, 2.05) is 19.9 Å². The SMILES string of the molecule is CNC(=O)Cn1c(-n2nc(C)cc2C)nc(C)c(C)c1=O. The van der Waals surface area contributed by atoms with Gasteiger partial charge < -0.3 is 5.32 Å². The second-order valence-electron chi connectivity index (χ2n) is 5.03. The Morgan fingerprint density at radius 1 is 1.29 bits per heavy atom. The van der Waals surface area contributed by atoms with Crippen LogP contribution in [0.3, 0.4) is 0 Å². The number of aryl methyl sites for hydroxylation is 3. The summed E-state index contributed by atoms with van der Waals surface area (Å²) in [6.07, 6.45) is 0. The van der Waals surface area contributed by atoms with E-state index in [2.05, 4.69) is 15.4 Å². The van der Waals surface area contributed by atoms with E-state index in [1.54, 1.807) is 18.5 Å². The number of rotatable bonds is 3. The summed E-state index contributed by atoms with van der Waals surface area (Å²) in [4.78, 5) is 28.6. The number of amides is 1. The quantitative estimate of drug-likeness (QED) is 0.887. The van der Waals surface area contributed by atoms with E-state index in [-0.39, 0.29) is 18.0 Å². The molecule has 0 atom stereocenters. The van der Waals surface area contributed by atoms with Crippen molar-refractivity contribution in [3.8, 4) is 5.95 Å². The predicted molar refractivity (Wildman–Crippen MR) is 78.6 cm³/mol. The fraction of sp³-hybridized carbons (Fsp3) is 0.429. The number of aromatic nitrogens is 4. The first-order valence-electron chi connectivity index (χ1n) is 6.67. The Labute approximate surface area is 122 Å². The maximum absolute atomic E-state index is 12.5. The lowest BCUT2D eigenvalue weighted by molar-refractivity contribution is -0.121. The maximum atomic E-state index is 12.5. The highest BCUT2D eigenvalue weighted by Crippen LogP contribution is 2.10. The van der Waals surface area contributed by atoms with Crippen molar-refractivity contribution in [2.75, 3.05) is 7.05 Å². The number of likely N-dealkylation sites (N-methyl/N-ethyl adjacent to an activating group) is 1. The van der Waals surface area contributed by atoms with E-state index in [1.165, 1.54) is 11.6 Å². The third kappa shape index (κ3) is 2.72. The van der Waals surface area contributed by atoms with Crippen molar-refractivity contribution in [1.29, 1.82) is 0 Å². The highest BCUT2D eigenvalue weighted by Gasteiger charge is 2.17. The van der Waals surface area contributed by atoms with Crippen LogP contribution in [-0.2, 0) is 11.3 Å². The van der Waals surface area contributed by atoms with Gasteiger partial charge in [-0.15, -0.1) is 0 Å². The van der Waals surface area contributed by atoms with Gasteiger partial charge in [-0.3, -0.25) is 14.2 Å². The van der Waals surface area contributed by atoms with Crippen LogP contribution in [0.5, 0.6) is 0 Å². The van der Waals surface area contributed by atoms with Crippen molar-refractivity contribution in [1.82, 2.24) is 24.6 Å². The van der Waals surface area contributed by atoms with Gasteiger partial charge in [-0.25, -0.2) is 9.67 Å². The summed E-state index contributed by atoms with van der Waals surface area (Å²) < 4.78 is 2.94. The molecule has 0 fully saturated rings. The molecule has 0 saturated heterocycles. The molecule has 21 heavy (non-hydrogen) atoms. The Morgan fingerprint density at radius 3 is 2.48 bits per heavy atom. The van der Waals surface area contributed by atoms with Gasteiger partial charge in [0.15, 0.2) is 0 Å². The van der Waals surface area contributed by atoms with Crippen molar-refractivity contribution in [2.24, 2.45) is 0 Å². The number of carbonyl (C=O) groups excluding carboxylic acids is 1. The highest BCUT2D eigenvalue weighted by molar-refractivity contribution is 5.75. The molecule has 0 aromatic carbocycles. The molecule has 2 aromatic heterocycles. The van der Waals surface area contributed by atoms with Crippen LogP contribution in [0.1, 0.15) is 22.6 Å². The van der Waals surface area contributed by atoms with E-state index < -0.39 is 0 Å². The van der Waals surface area contributed by atoms with Crippen LogP contribution in [0.15, 0.2) is 10.9 Å². The second-order valence-corrected chi connectivity index (χ2v) is 5.03. The fourth-order valence-corrected chi connectivity index (χ4v) is 2.10. The molecule has 0 bridgehead atoms. The molecule has 0 radical (unpaired) electrons. The van der Waals surface area contributed by atoms with Crippen molar-refractivity contribution in [3.05, 3.63) is 39.1 Å². The standard InChI is InChI=1S/C14H19N5O2/c1-8-6-9(2)19(17-8)14-16-11(4)10(3)13(21)18(14)7-12(20)15-5/h6H,7H2,1-5H3,(H,15,20). The number of hydrogen-bond donors (Lipinski definition) is 1. The van der Waals surface area contributed by atoms with E-state index in [4.69, 9.17) is 0 Å². The van der Waals surface area contributed by atoms with Crippen LogP contribution in [-0.4, -0.2) is 32.3 Å². The molecule has 0 unspecified atom stereocenters. The minimum atomic E-state index is -0.259. The van der Waals surface area contributed by atoms with Gasteiger partial charge in [-0.2, -0.15) is 5.10 Å². The Morgan fingerprint density at radius 2 is 1.95 bits per heavy atom. The zero-order valence-electron chi connectivity index (χ0n) is 12.9. The minimum absolute atomic E-state index is 0.0862. The summed E-state index contributed by atoms with van der Waals surface area (Å²) in [7, 11) is 1.53. The second kappa shape index (κ2) is 5.51. The Kier molecular flexibility index (Phi) is 3.93. The fourth-order valence-electron chi connectivity index (χ4n) is 2.10. The monoisotopic (exact) mass is 289 g/mol. The summed E-state index contributed by atoms with van der Waals surface area (Å²) in [5.41, 5.74) is 2.62. The molecule has 2 aromatic rings. The zero-order valence-corrected chi connectivity index (χ0v) is 12.9. The van der Waals surface area contributed by atoms with Gasteiger partial charge in [0.25, 0.3) is 5.56 Å². The Balaban J connectivity index is 2.72. The Bertz CT molecular complexity index is 757. The minimum Gasteiger partial charge on any atom is -0.358 e. The van der Waals surface area contributed by atoms with Gasteiger partial charge in [0.2, 0.25) is 11.9 Å². The molecule has 0 spiro atoms. The average molecular weight is 289 g/mol. The zero-order chi connectivity index (χ0) is 15.7. The molecule has 2 heterocycles. The summed E-state index contributed by atoms with van der Waals surface area (Å²) >= 11 is 0. The lowest BCUT2D eigenvalue weighted by atomic mass is 10.2. The number of nitrogens with zero attached hydrogens (tertiary/aromatic N) is 4. The normalized spacial score (nSPS) is 10.7. The first kappa shape index (κ1) is 15.0. The topological polar surface area (TPSA) is 81.8 Å². The first-order chi connectivity index (χ1) is 9.85. The van der Waals surface area contributed by atoms with Crippen molar-refractivity contribution in [2.45, 2.75) is 34.2 Å². The van der Waals surface area contributed by atoms with Crippen LogP contribution in [0, 0.1) is 27.7 Å². The van der Waals surface area contributed by atoms with E-state index in [0.717, 1.165) is 11.4 Å².